The summed E-state index contributed by atoms with van der Waals surface area (Å²) in [5, 5.41) is 11.5. The molecule has 1 rings (SSSR count). The van der Waals surface area contributed by atoms with Crippen LogP contribution in [0.4, 0.5) is 0 Å². The molecule has 4 nitrogen and oxygen atoms in total. The first-order valence-corrected chi connectivity index (χ1v) is 5.65. The molecule has 1 saturated heterocycles. The van der Waals surface area contributed by atoms with Crippen molar-refractivity contribution in [3.8, 4) is 6.07 Å². The molecule has 84 valence electrons. The van der Waals surface area contributed by atoms with E-state index < -0.39 is 0 Å². The minimum Gasteiger partial charge on any atom is -0.343 e. The Balaban J connectivity index is 2.15. The molecule has 1 aliphatic rings. The first kappa shape index (κ1) is 12.0. The molecule has 1 N–H and O–H groups in total. The van der Waals surface area contributed by atoms with Crippen LogP contribution in [0.15, 0.2) is 0 Å². The Hall–Kier alpha value is -1.08. The van der Waals surface area contributed by atoms with E-state index in [4.69, 9.17) is 5.26 Å². The summed E-state index contributed by atoms with van der Waals surface area (Å²) in [7, 11) is 0. The highest BCUT2D eigenvalue weighted by Gasteiger charge is 2.15. The average molecular weight is 209 g/mol. The molecule has 0 aromatic rings. The summed E-state index contributed by atoms with van der Waals surface area (Å²) >= 11 is 0. The number of hydrogen-bond acceptors (Lipinski definition) is 3. The van der Waals surface area contributed by atoms with Gasteiger partial charge < -0.3 is 10.2 Å². The van der Waals surface area contributed by atoms with Gasteiger partial charge in [0.05, 0.1) is 12.1 Å². The average Bonchev–Trinajstić information content (AvgIpc) is 2.29. The zero-order valence-corrected chi connectivity index (χ0v) is 9.33. The monoisotopic (exact) mass is 209 g/mol. The van der Waals surface area contributed by atoms with Crippen LogP contribution >= 0.6 is 0 Å². The predicted octanol–water partition coefficient (Wildman–Crippen LogP) is 0.891. The van der Waals surface area contributed by atoms with Gasteiger partial charge in [0.2, 0.25) is 5.91 Å². The third kappa shape index (κ3) is 4.30. The number of nitriles is 1. The third-order valence-electron chi connectivity index (χ3n) is 2.69. The number of carbonyl (C=O) groups excluding carboxylic acids is 1. The molecule has 15 heavy (non-hydrogen) atoms. The Morgan fingerprint density at radius 2 is 2.13 bits per heavy atom. The van der Waals surface area contributed by atoms with Crippen molar-refractivity contribution in [1.29, 1.82) is 5.26 Å². The maximum atomic E-state index is 11.7. The molecule has 1 amide bonds. The van der Waals surface area contributed by atoms with Gasteiger partial charge >= 0.3 is 0 Å². The minimum absolute atomic E-state index is 0.167. The van der Waals surface area contributed by atoms with E-state index in [9.17, 15) is 4.79 Å². The second-order valence-corrected chi connectivity index (χ2v) is 4.00. The molecule has 1 heterocycles. The molecule has 0 spiro atoms. The van der Waals surface area contributed by atoms with Gasteiger partial charge in [-0.25, -0.2) is 0 Å². The van der Waals surface area contributed by atoms with Crippen LogP contribution < -0.4 is 5.32 Å². The van der Waals surface area contributed by atoms with Crippen molar-refractivity contribution in [2.24, 2.45) is 0 Å². The van der Waals surface area contributed by atoms with Gasteiger partial charge in [-0.2, -0.15) is 5.26 Å². The quantitative estimate of drug-likeness (QED) is 0.748. The summed E-state index contributed by atoms with van der Waals surface area (Å²) in [6.45, 7) is 4.22. The molecule has 0 aliphatic carbocycles. The fraction of sp³-hybridized carbons (Fsp3) is 0.818. The molecule has 1 aliphatic heterocycles. The summed E-state index contributed by atoms with van der Waals surface area (Å²) in [4.78, 5) is 13.6. The highest BCUT2D eigenvalue weighted by atomic mass is 16.2. The Morgan fingerprint density at radius 1 is 1.47 bits per heavy atom. The van der Waals surface area contributed by atoms with E-state index in [-0.39, 0.29) is 11.9 Å². The minimum atomic E-state index is -0.167. The number of likely N-dealkylation sites (tertiary alicyclic amines) is 1. The van der Waals surface area contributed by atoms with E-state index in [1.165, 1.54) is 6.42 Å². The van der Waals surface area contributed by atoms with Crippen molar-refractivity contribution in [3.05, 3.63) is 0 Å². The van der Waals surface area contributed by atoms with Crippen molar-refractivity contribution >= 4 is 5.91 Å². The van der Waals surface area contributed by atoms with Crippen LogP contribution in [-0.4, -0.2) is 36.5 Å². The van der Waals surface area contributed by atoms with Crippen molar-refractivity contribution in [2.75, 3.05) is 19.6 Å². The highest BCUT2D eigenvalue weighted by Crippen LogP contribution is 2.09. The van der Waals surface area contributed by atoms with E-state index in [0.717, 1.165) is 25.9 Å². The van der Waals surface area contributed by atoms with E-state index in [1.54, 1.807) is 6.92 Å². The lowest BCUT2D eigenvalue weighted by Gasteiger charge is -2.26. The van der Waals surface area contributed by atoms with Gasteiger partial charge in [-0.05, 0) is 26.2 Å². The summed E-state index contributed by atoms with van der Waals surface area (Å²) in [5.74, 6) is 0.215. The summed E-state index contributed by atoms with van der Waals surface area (Å²) < 4.78 is 0. The lowest BCUT2D eigenvalue weighted by atomic mass is 10.1. The van der Waals surface area contributed by atoms with Crippen LogP contribution in [0.2, 0.25) is 0 Å². The lowest BCUT2D eigenvalue weighted by molar-refractivity contribution is -0.131. The molecular formula is C11H19N3O. The molecule has 0 bridgehead atoms. The van der Waals surface area contributed by atoms with E-state index in [1.807, 2.05) is 4.90 Å². The van der Waals surface area contributed by atoms with Gasteiger partial charge in [0, 0.05) is 26.1 Å². The summed E-state index contributed by atoms with van der Waals surface area (Å²) in [6, 6.07) is 1.91. The topological polar surface area (TPSA) is 56.1 Å². The van der Waals surface area contributed by atoms with Crippen LogP contribution in [-0.2, 0) is 4.79 Å². The Labute approximate surface area is 91.2 Å². The predicted molar refractivity (Wildman–Crippen MR) is 58.1 cm³/mol. The third-order valence-corrected chi connectivity index (χ3v) is 2.69. The Morgan fingerprint density at radius 3 is 2.73 bits per heavy atom. The molecule has 0 aromatic heterocycles. The molecular weight excluding hydrogens is 190 g/mol. The standard InChI is InChI=1S/C11H19N3O/c1-10(9-12)13-6-5-11(15)14-7-3-2-4-8-14/h10,13H,2-8H2,1H3. The van der Waals surface area contributed by atoms with Crippen molar-refractivity contribution in [2.45, 2.75) is 38.6 Å². The molecule has 1 fully saturated rings. The smallest absolute Gasteiger partial charge is 0.223 e. The van der Waals surface area contributed by atoms with Gasteiger partial charge in [-0.1, -0.05) is 0 Å². The van der Waals surface area contributed by atoms with Crippen LogP contribution in [0.25, 0.3) is 0 Å². The largest absolute Gasteiger partial charge is 0.343 e. The Kier molecular flexibility index (Phi) is 5.13. The molecule has 0 saturated carbocycles. The fourth-order valence-corrected chi connectivity index (χ4v) is 1.74. The SMILES string of the molecule is CC(C#N)NCCC(=O)N1CCCCC1. The lowest BCUT2D eigenvalue weighted by Crippen LogP contribution is -2.38. The Bertz CT molecular complexity index is 241. The van der Waals surface area contributed by atoms with Crippen molar-refractivity contribution < 1.29 is 4.79 Å². The second-order valence-electron chi connectivity index (χ2n) is 4.00. The van der Waals surface area contributed by atoms with E-state index >= 15 is 0 Å². The van der Waals surface area contributed by atoms with Crippen LogP contribution in [0, 0.1) is 11.3 Å². The molecule has 1 atom stereocenters. The summed E-state index contributed by atoms with van der Waals surface area (Å²) in [6.07, 6.45) is 4.01. The van der Waals surface area contributed by atoms with Crippen LogP contribution in [0.1, 0.15) is 32.6 Å². The molecule has 1 unspecified atom stereocenters. The van der Waals surface area contributed by atoms with Gasteiger partial charge in [-0.3, -0.25) is 4.79 Å². The maximum Gasteiger partial charge on any atom is 0.223 e. The molecule has 4 heteroatoms. The fourth-order valence-electron chi connectivity index (χ4n) is 1.74. The first-order chi connectivity index (χ1) is 7.24. The van der Waals surface area contributed by atoms with Crippen LogP contribution in [0.3, 0.4) is 0 Å². The van der Waals surface area contributed by atoms with Gasteiger partial charge in [0.25, 0.3) is 0 Å². The van der Waals surface area contributed by atoms with Gasteiger partial charge in [0.1, 0.15) is 0 Å². The maximum absolute atomic E-state index is 11.7. The van der Waals surface area contributed by atoms with Crippen molar-refractivity contribution in [1.82, 2.24) is 10.2 Å². The number of nitrogens with zero attached hydrogens (tertiary/aromatic N) is 2. The van der Waals surface area contributed by atoms with Gasteiger partial charge in [-0.15, -0.1) is 0 Å². The zero-order valence-electron chi connectivity index (χ0n) is 9.33. The first-order valence-electron chi connectivity index (χ1n) is 5.65. The van der Waals surface area contributed by atoms with Crippen LogP contribution in [0.5, 0.6) is 0 Å². The van der Waals surface area contributed by atoms with Crippen molar-refractivity contribution in [3.63, 3.8) is 0 Å². The number of carbonyl (C=O) groups is 1. The second kappa shape index (κ2) is 6.41. The zero-order chi connectivity index (χ0) is 11.1. The number of nitrogens with one attached hydrogen (secondary N) is 1. The summed E-state index contributed by atoms with van der Waals surface area (Å²) in [5.41, 5.74) is 0. The number of hydrogen-bond donors (Lipinski definition) is 1. The van der Waals surface area contributed by atoms with E-state index in [0.29, 0.717) is 13.0 Å². The highest BCUT2D eigenvalue weighted by molar-refractivity contribution is 5.76. The number of piperidine rings is 1. The van der Waals surface area contributed by atoms with E-state index in [2.05, 4.69) is 11.4 Å². The van der Waals surface area contributed by atoms with Gasteiger partial charge in [0.15, 0.2) is 0 Å². The molecule has 0 radical (unpaired) electrons. The normalized spacial score (nSPS) is 18.3. The number of rotatable bonds is 4. The number of amides is 1. The molecule has 0 aromatic carbocycles.